The Hall–Kier alpha value is -0.470. The van der Waals surface area contributed by atoms with Crippen LogP contribution in [-0.2, 0) is 17.3 Å². The van der Waals surface area contributed by atoms with Gasteiger partial charge in [-0.15, -0.1) is 11.3 Å². The second-order valence-corrected chi connectivity index (χ2v) is 3.75. The number of aromatic nitrogens is 1. The molecule has 1 aromatic rings. The summed E-state index contributed by atoms with van der Waals surface area (Å²) >= 11 is -1.93. The summed E-state index contributed by atoms with van der Waals surface area (Å²) in [5.41, 5.74) is -1.13. The summed E-state index contributed by atoms with van der Waals surface area (Å²) < 4.78 is 53.6. The van der Waals surface area contributed by atoms with E-state index in [9.17, 15) is 17.4 Å². The molecule has 1 unspecified atom stereocenters. The number of alkyl halides is 3. The molecule has 3 nitrogen and oxygen atoms in total. The Kier molecular flexibility index (Phi) is 2.49. The van der Waals surface area contributed by atoms with E-state index in [4.69, 9.17) is 4.55 Å². The SMILES string of the molecule is O=S(O)c1nc(C(F)(F)F)cs1. The van der Waals surface area contributed by atoms with Crippen LogP contribution >= 0.6 is 11.3 Å². The Balaban J connectivity index is 3.00. The number of hydrogen-bond acceptors (Lipinski definition) is 3. The average molecular weight is 217 g/mol. The van der Waals surface area contributed by atoms with Gasteiger partial charge in [-0.1, -0.05) is 0 Å². The molecule has 0 aliphatic carbocycles. The highest BCUT2D eigenvalue weighted by Crippen LogP contribution is 2.30. The van der Waals surface area contributed by atoms with Crippen LogP contribution in [0.1, 0.15) is 5.69 Å². The number of nitrogens with zero attached hydrogens (tertiary/aromatic N) is 1. The van der Waals surface area contributed by atoms with E-state index in [0.717, 1.165) is 0 Å². The van der Waals surface area contributed by atoms with Crippen LogP contribution in [0.25, 0.3) is 0 Å². The topological polar surface area (TPSA) is 50.2 Å². The van der Waals surface area contributed by atoms with Crippen molar-refractivity contribution in [2.24, 2.45) is 0 Å². The van der Waals surface area contributed by atoms with Crippen LogP contribution in [0.3, 0.4) is 0 Å². The molecule has 0 spiro atoms. The van der Waals surface area contributed by atoms with Gasteiger partial charge in [0.2, 0.25) is 15.4 Å². The van der Waals surface area contributed by atoms with Gasteiger partial charge in [0.15, 0.2) is 5.69 Å². The Bertz CT molecular complexity index is 307. The molecule has 0 amide bonds. The van der Waals surface area contributed by atoms with Crippen LogP contribution < -0.4 is 0 Å². The van der Waals surface area contributed by atoms with E-state index in [2.05, 4.69) is 4.98 Å². The van der Waals surface area contributed by atoms with Crippen LogP contribution in [0, 0.1) is 0 Å². The molecule has 0 aliphatic rings. The van der Waals surface area contributed by atoms with Gasteiger partial charge in [0.25, 0.3) is 0 Å². The smallest absolute Gasteiger partial charge is 0.300 e. The zero-order valence-corrected chi connectivity index (χ0v) is 6.96. The van der Waals surface area contributed by atoms with Gasteiger partial charge in [-0.3, -0.25) is 0 Å². The van der Waals surface area contributed by atoms with Gasteiger partial charge in [0, 0.05) is 5.38 Å². The minimum absolute atomic E-state index is 0.442. The van der Waals surface area contributed by atoms with Gasteiger partial charge < -0.3 is 4.55 Å². The van der Waals surface area contributed by atoms with Gasteiger partial charge in [0.1, 0.15) is 0 Å². The minimum atomic E-state index is -4.55. The van der Waals surface area contributed by atoms with Gasteiger partial charge in [0.05, 0.1) is 0 Å². The third-order valence-corrected chi connectivity index (χ3v) is 2.66. The van der Waals surface area contributed by atoms with Crippen molar-refractivity contribution in [3.8, 4) is 0 Å². The van der Waals surface area contributed by atoms with Crippen molar-refractivity contribution in [1.82, 2.24) is 4.98 Å². The van der Waals surface area contributed by atoms with Gasteiger partial charge in [-0.25, -0.2) is 9.19 Å². The van der Waals surface area contributed by atoms with E-state index in [1.165, 1.54) is 0 Å². The van der Waals surface area contributed by atoms with Crippen molar-refractivity contribution in [1.29, 1.82) is 0 Å². The molecule has 0 aromatic carbocycles. The first-order valence-electron chi connectivity index (χ1n) is 2.55. The first kappa shape index (κ1) is 9.62. The number of thiazole rings is 1. The quantitative estimate of drug-likeness (QED) is 0.729. The predicted molar refractivity (Wildman–Crippen MR) is 36.2 cm³/mol. The maximum Gasteiger partial charge on any atom is 0.434 e. The summed E-state index contributed by atoms with van der Waals surface area (Å²) in [6.07, 6.45) is -4.55. The summed E-state index contributed by atoms with van der Waals surface area (Å²) in [5.74, 6) is 0. The molecule has 1 aromatic heterocycles. The summed E-state index contributed by atoms with van der Waals surface area (Å²) in [6.45, 7) is 0. The number of rotatable bonds is 1. The number of hydrogen-bond donors (Lipinski definition) is 1. The van der Waals surface area contributed by atoms with Crippen LogP contribution in [0.2, 0.25) is 0 Å². The fourth-order valence-corrected chi connectivity index (χ4v) is 1.67. The summed E-state index contributed by atoms with van der Waals surface area (Å²) in [6, 6.07) is 0. The molecule has 1 heterocycles. The lowest BCUT2D eigenvalue weighted by Gasteiger charge is -1.98. The highest BCUT2D eigenvalue weighted by atomic mass is 32.2. The molecule has 0 fully saturated rings. The molecule has 1 rings (SSSR count). The largest absolute Gasteiger partial charge is 0.434 e. The molecule has 1 atom stereocenters. The Morgan fingerprint density at radius 2 is 2.17 bits per heavy atom. The van der Waals surface area contributed by atoms with Crippen LogP contribution in [0.15, 0.2) is 9.72 Å². The number of halogens is 3. The van der Waals surface area contributed by atoms with E-state index in [0.29, 0.717) is 16.7 Å². The van der Waals surface area contributed by atoms with Crippen LogP contribution in [0.4, 0.5) is 13.2 Å². The van der Waals surface area contributed by atoms with Crippen LogP contribution in [0.5, 0.6) is 0 Å². The monoisotopic (exact) mass is 217 g/mol. The minimum Gasteiger partial charge on any atom is -0.300 e. The molecular weight excluding hydrogens is 215 g/mol. The van der Waals surface area contributed by atoms with Crippen molar-refractivity contribution < 1.29 is 21.9 Å². The molecule has 0 aliphatic heterocycles. The average Bonchev–Trinajstić information content (AvgIpc) is 2.30. The second kappa shape index (κ2) is 3.11. The van der Waals surface area contributed by atoms with Crippen molar-refractivity contribution in [3.63, 3.8) is 0 Å². The Labute approximate surface area is 71.5 Å². The highest BCUT2D eigenvalue weighted by Gasteiger charge is 2.34. The summed E-state index contributed by atoms with van der Waals surface area (Å²) in [4.78, 5) is 2.92. The lowest BCUT2D eigenvalue weighted by Crippen LogP contribution is -2.05. The van der Waals surface area contributed by atoms with Crippen molar-refractivity contribution in [3.05, 3.63) is 11.1 Å². The molecule has 0 saturated heterocycles. The van der Waals surface area contributed by atoms with Crippen molar-refractivity contribution in [2.45, 2.75) is 10.5 Å². The third kappa shape index (κ3) is 2.02. The fraction of sp³-hybridized carbons (Fsp3) is 0.250. The fourth-order valence-electron chi connectivity index (χ4n) is 0.468. The molecule has 12 heavy (non-hydrogen) atoms. The molecule has 8 heteroatoms. The normalized spacial score (nSPS) is 14.7. The summed E-state index contributed by atoms with van der Waals surface area (Å²) in [7, 11) is 0. The molecular formula is C4H2F3NO2S2. The van der Waals surface area contributed by atoms with Gasteiger partial charge >= 0.3 is 6.18 Å². The van der Waals surface area contributed by atoms with Gasteiger partial charge in [-0.05, 0) is 0 Å². The predicted octanol–water partition coefficient (Wildman–Crippen LogP) is 1.74. The maximum absolute atomic E-state index is 11.8. The van der Waals surface area contributed by atoms with E-state index >= 15 is 0 Å². The molecule has 0 bridgehead atoms. The molecule has 0 radical (unpaired) electrons. The Morgan fingerprint density at radius 3 is 2.42 bits per heavy atom. The van der Waals surface area contributed by atoms with Crippen molar-refractivity contribution >= 4 is 22.4 Å². The standard InChI is InChI=1S/C4H2F3NO2S2/c5-4(6,7)2-1-11-3(8-2)12(9)10/h1H,(H,9,10). The second-order valence-electron chi connectivity index (χ2n) is 1.75. The Morgan fingerprint density at radius 1 is 1.58 bits per heavy atom. The van der Waals surface area contributed by atoms with Crippen LogP contribution in [-0.4, -0.2) is 13.7 Å². The van der Waals surface area contributed by atoms with E-state index in [1.54, 1.807) is 0 Å². The maximum atomic E-state index is 11.8. The van der Waals surface area contributed by atoms with E-state index < -0.39 is 27.3 Å². The highest BCUT2D eigenvalue weighted by molar-refractivity contribution is 7.81. The first-order valence-corrected chi connectivity index (χ1v) is 4.53. The van der Waals surface area contributed by atoms with E-state index in [-0.39, 0.29) is 0 Å². The molecule has 68 valence electrons. The van der Waals surface area contributed by atoms with Gasteiger partial charge in [-0.2, -0.15) is 13.2 Å². The third-order valence-electron chi connectivity index (χ3n) is 0.923. The lowest BCUT2D eigenvalue weighted by molar-refractivity contribution is -0.141. The van der Waals surface area contributed by atoms with E-state index in [1.807, 2.05) is 0 Å². The zero-order chi connectivity index (χ0) is 9.35. The van der Waals surface area contributed by atoms with Crippen molar-refractivity contribution in [2.75, 3.05) is 0 Å². The molecule has 1 N–H and O–H groups in total. The zero-order valence-electron chi connectivity index (χ0n) is 5.33. The summed E-state index contributed by atoms with van der Waals surface area (Å²) in [5, 5.41) is 0.698. The lowest BCUT2D eigenvalue weighted by atomic mass is 10.5. The first-order chi connectivity index (χ1) is 5.41. The molecule has 0 saturated carbocycles.